The van der Waals surface area contributed by atoms with Gasteiger partial charge in [0.2, 0.25) is 0 Å². The Morgan fingerprint density at radius 1 is 1.20 bits per heavy atom. The van der Waals surface area contributed by atoms with Gasteiger partial charge in [-0.1, -0.05) is 12.2 Å². The normalized spacial score (nSPS) is 20.1. The van der Waals surface area contributed by atoms with E-state index < -0.39 is 0 Å². The lowest BCUT2D eigenvalue weighted by molar-refractivity contribution is 0.298. The molecule has 0 saturated carbocycles. The summed E-state index contributed by atoms with van der Waals surface area (Å²) in [5.74, 6) is 0.914. The number of benzene rings is 1. The Labute approximate surface area is 121 Å². The van der Waals surface area contributed by atoms with Gasteiger partial charge in [-0.25, -0.2) is 0 Å². The minimum atomic E-state index is 0.0575. The van der Waals surface area contributed by atoms with E-state index in [9.17, 15) is 0 Å². The third-order valence-electron chi connectivity index (χ3n) is 3.65. The van der Waals surface area contributed by atoms with Crippen LogP contribution in [0.15, 0.2) is 47.4 Å². The van der Waals surface area contributed by atoms with Crippen molar-refractivity contribution in [2.45, 2.75) is 18.9 Å². The Balaban J connectivity index is 1.65. The van der Waals surface area contributed by atoms with Crippen LogP contribution in [0.5, 0.6) is 5.75 Å². The maximum absolute atomic E-state index is 5.92. The molecule has 99 valence electrons. The van der Waals surface area contributed by atoms with Crippen LogP contribution in [-0.4, -0.2) is 11.3 Å². The molecule has 2 aliphatic carbocycles. The van der Waals surface area contributed by atoms with Gasteiger partial charge in [0.05, 0.1) is 0 Å². The molecule has 0 saturated heterocycles. The van der Waals surface area contributed by atoms with Crippen LogP contribution >= 0.6 is 11.8 Å². The molecule has 1 radical (unpaired) electrons. The van der Waals surface area contributed by atoms with Gasteiger partial charge in [-0.15, -0.1) is 0 Å². The highest BCUT2D eigenvalue weighted by Crippen LogP contribution is 2.39. The number of hydrogen-bond donors (Lipinski definition) is 1. The van der Waals surface area contributed by atoms with Crippen molar-refractivity contribution in [2.24, 2.45) is 5.73 Å². The first-order valence-electron chi connectivity index (χ1n) is 6.70. The highest BCUT2D eigenvalue weighted by molar-refractivity contribution is 8.17. The fraction of sp³-hybridized carbons (Fsp3) is 0.188. The molecule has 0 bridgehead atoms. The summed E-state index contributed by atoms with van der Waals surface area (Å²) in [7, 11) is 0. The highest BCUT2D eigenvalue weighted by atomic mass is 32.2. The van der Waals surface area contributed by atoms with Crippen molar-refractivity contribution in [3.05, 3.63) is 58.5 Å². The SMILES string of the molecule is NC1=[N+]C2=C(CCc3cc(OC4C=CC=C4)ccc32)S1. The van der Waals surface area contributed by atoms with Crippen molar-refractivity contribution in [3.8, 4) is 5.75 Å². The lowest BCUT2D eigenvalue weighted by Gasteiger charge is -2.16. The Morgan fingerprint density at radius 3 is 2.90 bits per heavy atom. The van der Waals surface area contributed by atoms with E-state index >= 15 is 0 Å². The Hall–Kier alpha value is -1.94. The second kappa shape index (κ2) is 4.56. The third-order valence-corrected chi connectivity index (χ3v) is 4.60. The van der Waals surface area contributed by atoms with E-state index in [1.165, 1.54) is 16.0 Å². The van der Waals surface area contributed by atoms with E-state index in [2.05, 4.69) is 17.1 Å². The zero-order valence-corrected chi connectivity index (χ0v) is 11.7. The molecule has 3 aliphatic rings. The molecule has 1 aliphatic heterocycles. The van der Waals surface area contributed by atoms with E-state index in [1.807, 2.05) is 30.4 Å². The number of thioether (sulfide) groups is 1. The number of hydrogen-bond acceptors (Lipinski definition) is 4. The minimum absolute atomic E-state index is 0.0575. The summed E-state index contributed by atoms with van der Waals surface area (Å²) < 4.78 is 5.92. The number of aryl methyl sites for hydroxylation is 1. The van der Waals surface area contributed by atoms with Crippen LogP contribution < -0.4 is 15.5 Å². The highest BCUT2D eigenvalue weighted by Gasteiger charge is 2.31. The first-order valence-corrected chi connectivity index (χ1v) is 7.51. The topological polar surface area (TPSA) is 49.4 Å². The number of ether oxygens (including phenoxy) is 1. The number of nitrogens with zero attached hydrogens (tertiary/aromatic N) is 1. The second-order valence-electron chi connectivity index (χ2n) is 5.00. The van der Waals surface area contributed by atoms with Crippen LogP contribution in [0, 0.1) is 0 Å². The fourth-order valence-corrected chi connectivity index (χ4v) is 3.57. The van der Waals surface area contributed by atoms with Gasteiger partial charge in [0, 0.05) is 22.2 Å². The molecule has 3 nitrogen and oxygen atoms in total. The number of nitrogens with two attached hydrogens (primary N) is 1. The summed E-state index contributed by atoms with van der Waals surface area (Å²) in [6.45, 7) is 0. The minimum Gasteiger partial charge on any atom is -0.482 e. The first kappa shape index (κ1) is 11.9. The Kier molecular flexibility index (Phi) is 2.70. The van der Waals surface area contributed by atoms with Crippen molar-refractivity contribution in [2.75, 3.05) is 0 Å². The predicted molar refractivity (Wildman–Crippen MR) is 83.3 cm³/mol. The second-order valence-corrected chi connectivity index (χ2v) is 6.11. The maximum atomic E-state index is 5.92. The van der Waals surface area contributed by atoms with Crippen molar-refractivity contribution >= 4 is 22.6 Å². The van der Waals surface area contributed by atoms with Gasteiger partial charge in [0.1, 0.15) is 11.9 Å². The van der Waals surface area contributed by atoms with Crippen LogP contribution in [0.3, 0.4) is 0 Å². The molecular formula is C16H14N2OS+. The van der Waals surface area contributed by atoms with Crippen molar-refractivity contribution in [1.82, 2.24) is 4.99 Å². The van der Waals surface area contributed by atoms with E-state index in [4.69, 9.17) is 10.5 Å². The molecule has 0 amide bonds. The molecular weight excluding hydrogens is 268 g/mol. The van der Waals surface area contributed by atoms with Gasteiger partial charge in [0.15, 0.2) is 5.70 Å². The van der Waals surface area contributed by atoms with Crippen LogP contribution in [0.1, 0.15) is 17.5 Å². The molecule has 0 aromatic heterocycles. The molecule has 0 spiro atoms. The van der Waals surface area contributed by atoms with Gasteiger partial charge in [-0.2, -0.15) is 0 Å². The van der Waals surface area contributed by atoms with Crippen molar-refractivity contribution < 1.29 is 4.74 Å². The van der Waals surface area contributed by atoms with Crippen molar-refractivity contribution in [3.63, 3.8) is 0 Å². The molecule has 0 fully saturated rings. The summed E-state index contributed by atoms with van der Waals surface area (Å²) in [4.78, 5) is 5.76. The fourth-order valence-electron chi connectivity index (χ4n) is 2.73. The summed E-state index contributed by atoms with van der Waals surface area (Å²) in [6.07, 6.45) is 10.2. The summed E-state index contributed by atoms with van der Waals surface area (Å²) in [5.41, 5.74) is 9.37. The van der Waals surface area contributed by atoms with Crippen LogP contribution in [-0.2, 0) is 6.42 Å². The molecule has 4 rings (SSSR count). The van der Waals surface area contributed by atoms with Crippen LogP contribution in [0.25, 0.3) is 5.70 Å². The van der Waals surface area contributed by atoms with E-state index in [1.54, 1.807) is 11.8 Å². The molecule has 1 heterocycles. The summed E-state index contributed by atoms with van der Waals surface area (Å²) >= 11 is 1.60. The maximum Gasteiger partial charge on any atom is 0.355 e. The zero-order chi connectivity index (χ0) is 13.5. The van der Waals surface area contributed by atoms with Gasteiger partial charge in [0.25, 0.3) is 0 Å². The number of amidine groups is 1. The summed E-state index contributed by atoms with van der Waals surface area (Å²) in [6, 6.07) is 6.25. The van der Waals surface area contributed by atoms with Gasteiger partial charge < -0.3 is 4.74 Å². The van der Waals surface area contributed by atoms with Crippen LogP contribution in [0.2, 0.25) is 0 Å². The average Bonchev–Trinajstić information content (AvgIpc) is 3.06. The predicted octanol–water partition coefficient (Wildman–Crippen LogP) is 2.57. The number of aliphatic imine (C=N–C) groups is 1. The van der Waals surface area contributed by atoms with Crippen molar-refractivity contribution in [1.29, 1.82) is 0 Å². The molecule has 20 heavy (non-hydrogen) atoms. The Morgan fingerprint density at radius 2 is 2.05 bits per heavy atom. The monoisotopic (exact) mass is 282 g/mol. The zero-order valence-electron chi connectivity index (χ0n) is 10.9. The third kappa shape index (κ3) is 1.96. The van der Waals surface area contributed by atoms with E-state index in [0.29, 0.717) is 5.17 Å². The van der Waals surface area contributed by atoms with Crippen LogP contribution in [0.4, 0.5) is 0 Å². The van der Waals surface area contributed by atoms with Gasteiger partial charge in [-0.3, -0.25) is 5.73 Å². The number of rotatable bonds is 2. The molecule has 0 unspecified atom stereocenters. The van der Waals surface area contributed by atoms with Gasteiger partial charge in [-0.05, 0) is 53.7 Å². The molecule has 2 N–H and O–H groups in total. The van der Waals surface area contributed by atoms with E-state index in [-0.39, 0.29) is 6.10 Å². The number of fused-ring (bicyclic) bond motifs is 2. The largest absolute Gasteiger partial charge is 0.482 e. The molecule has 4 heteroatoms. The molecule has 1 aromatic carbocycles. The summed E-state index contributed by atoms with van der Waals surface area (Å²) in [5, 5.41) is 0.657. The standard InChI is InChI=1S/C16H14N2OS/c17-16-18-15-13-7-6-12(19-11-3-1-2-4-11)9-10(13)5-8-14(15)20-16/h1-4,6-7,9,11H,5,8,17H2/q+1. The molecule has 1 aromatic rings. The van der Waals surface area contributed by atoms with E-state index in [0.717, 1.165) is 24.3 Å². The quantitative estimate of drug-likeness (QED) is 0.907. The first-order chi connectivity index (χ1) is 9.79. The lowest BCUT2D eigenvalue weighted by atomic mass is 9.94. The Bertz CT molecular complexity index is 688. The smallest absolute Gasteiger partial charge is 0.355 e. The average molecular weight is 282 g/mol. The number of allylic oxidation sites excluding steroid dienone is 3. The molecule has 0 atom stereocenters. The van der Waals surface area contributed by atoms with Gasteiger partial charge >= 0.3 is 5.17 Å². The lowest BCUT2D eigenvalue weighted by Crippen LogP contribution is -2.10.